The minimum Gasteiger partial charge on any atom is -0.378 e. The van der Waals surface area contributed by atoms with E-state index in [2.05, 4.69) is 0 Å². The van der Waals surface area contributed by atoms with Crippen LogP contribution in [0.15, 0.2) is 23.1 Å². The van der Waals surface area contributed by atoms with Crippen molar-refractivity contribution in [3.05, 3.63) is 34.1 Å². The van der Waals surface area contributed by atoms with E-state index in [1.807, 2.05) is 0 Å². The van der Waals surface area contributed by atoms with Gasteiger partial charge in [-0.3, -0.25) is 10.1 Å². The highest BCUT2D eigenvalue weighted by Crippen LogP contribution is 2.31. The van der Waals surface area contributed by atoms with Gasteiger partial charge in [-0.25, -0.2) is 8.42 Å². The number of nitro benzene ring substituents is 1. The summed E-state index contributed by atoms with van der Waals surface area (Å²) in [6, 6.07) is 2.66. The molecule has 1 heterocycles. The number of morpholine rings is 1. The summed E-state index contributed by atoms with van der Waals surface area (Å²) in [6.07, 6.45) is 0.502. The summed E-state index contributed by atoms with van der Waals surface area (Å²) < 4.78 is 45.3. The Morgan fingerprint density at radius 1 is 1.52 bits per heavy atom. The van der Waals surface area contributed by atoms with Crippen molar-refractivity contribution in [2.24, 2.45) is 0 Å². The van der Waals surface area contributed by atoms with E-state index < -0.39 is 37.4 Å². The molecular formula is C12H15FN2O5S. The lowest BCUT2D eigenvalue weighted by atomic mass is 10.2. The number of hydrogen-bond donors (Lipinski definition) is 0. The minimum atomic E-state index is -4.15. The zero-order valence-corrected chi connectivity index (χ0v) is 12.2. The average Bonchev–Trinajstić information content (AvgIpc) is 2.46. The Morgan fingerprint density at radius 2 is 2.24 bits per heavy atom. The molecular weight excluding hydrogens is 303 g/mol. The fourth-order valence-electron chi connectivity index (χ4n) is 2.28. The molecule has 2 rings (SSSR count). The molecule has 1 unspecified atom stereocenters. The Balaban J connectivity index is 2.54. The lowest BCUT2D eigenvalue weighted by Crippen LogP contribution is -2.48. The molecule has 0 aromatic heterocycles. The highest BCUT2D eigenvalue weighted by molar-refractivity contribution is 7.89. The molecule has 1 fully saturated rings. The molecule has 116 valence electrons. The SMILES string of the molecule is CCC1COCCN1S(=O)(=O)c1cccc(F)c1[N+](=O)[O-]. The standard InChI is InChI=1S/C12H15FN2O5S/c1-2-9-8-20-7-6-14(9)21(18,19)11-5-3-4-10(13)12(11)15(16)17/h3-5,9H,2,6-8H2,1H3. The number of para-hydroxylation sites is 1. The molecule has 0 bridgehead atoms. The van der Waals surface area contributed by atoms with Crippen LogP contribution in [0.25, 0.3) is 0 Å². The number of nitro groups is 1. The molecule has 7 nitrogen and oxygen atoms in total. The molecule has 0 saturated carbocycles. The molecule has 0 aliphatic carbocycles. The van der Waals surface area contributed by atoms with E-state index in [4.69, 9.17) is 4.74 Å². The molecule has 9 heteroatoms. The molecule has 1 aromatic rings. The van der Waals surface area contributed by atoms with E-state index in [1.165, 1.54) is 0 Å². The fourth-order valence-corrected chi connectivity index (χ4v) is 4.12. The monoisotopic (exact) mass is 318 g/mol. The van der Waals surface area contributed by atoms with Crippen LogP contribution >= 0.6 is 0 Å². The third-order valence-electron chi connectivity index (χ3n) is 3.36. The van der Waals surface area contributed by atoms with Gasteiger partial charge in [-0.15, -0.1) is 0 Å². The van der Waals surface area contributed by atoms with Gasteiger partial charge in [0.25, 0.3) is 0 Å². The van der Waals surface area contributed by atoms with Crippen LogP contribution in [-0.2, 0) is 14.8 Å². The van der Waals surface area contributed by atoms with Gasteiger partial charge in [-0.2, -0.15) is 8.70 Å². The Bertz CT molecular complexity index is 649. The van der Waals surface area contributed by atoms with Crippen LogP contribution < -0.4 is 0 Å². The first-order chi connectivity index (χ1) is 9.89. The second-order valence-electron chi connectivity index (χ2n) is 4.60. The van der Waals surface area contributed by atoms with Gasteiger partial charge in [0.15, 0.2) is 4.90 Å². The van der Waals surface area contributed by atoms with Crippen molar-refractivity contribution < 1.29 is 22.5 Å². The summed E-state index contributed by atoms with van der Waals surface area (Å²) in [5.41, 5.74) is -1.01. The number of halogens is 1. The Morgan fingerprint density at radius 3 is 2.86 bits per heavy atom. The largest absolute Gasteiger partial charge is 0.378 e. The predicted octanol–water partition coefficient (Wildman–Crippen LogP) is 1.53. The first kappa shape index (κ1) is 15.8. The van der Waals surface area contributed by atoms with E-state index in [1.54, 1.807) is 6.92 Å². The normalized spacial score (nSPS) is 20.4. The number of ether oxygens (including phenoxy) is 1. The summed E-state index contributed by atoms with van der Waals surface area (Å²) in [4.78, 5) is 9.35. The molecule has 1 aliphatic heterocycles. The number of hydrogen-bond acceptors (Lipinski definition) is 5. The number of benzene rings is 1. The van der Waals surface area contributed by atoms with Gasteiger partial charge in [0.1, 0.15) is 0 Å². The van der Waals surface area contributed by atoms with Gasteiger partial charge >= 0.3 is 5.69 Å². The summed E-state index contributed by atoms with van der Waals surface area (Å²) in [5, 5.41) is 11.0. The molecule has 0 radical (unpaired) electrons. The van der Waals surface area contributed by atoms with Crippen molar-refractivity contribution in [3.63, 3.8) is 0 Å². The maximum atomic E-state index is 13.6. The van der Waals surface area contributed by atoms with Crippen molar-refractivity contribution >= 4 is 15.7 Å². The van der Waals surface area contributed by atoms with Gasteiger partial charge in [0.05, 0.1) is 18.1 Å². The minimum absolute atomic E-state index is 0.0918. The molecule has 0 spiro atoms. The molecule has 0 amide bonds. The van der Waals surface area contributed by atoms with Crippen LogP contribution in [0.5, 0.6) is 0 Å². The quantitative estimate of drug-likeness (QED) is 0.620. The van der Waals surface area contributed by atoms with Crippen molar-refractivity contribution in [2.75, 3.05) is 19.8 Å². The fraction of sp³-hybridized carbons (Fsp3) is 0.500. The topological polar surface area (TPSA) is 89.8 Å². The molecule has 1 atom stereocenters. The maximum absolute atomic E-state index is 13.6. The number of rotatable bonds is 4. The third-order valence-corrected chi connectivity index (χ3v) is 5.35. The van der Waals surface area contributed by atoms with E-state index in [0.29, 0.717) is 6.42 Å². The van der Waals surface area contributed by atoms with Gasteiger partial charge in [-0.1, -0.05) is 13.0 Å². The summed E-state index contributed by atoms with van der Waals surface area (Å²) >= 11 is 0. The van der Waals surface area contributed by atoms with Crippen molar-refractivity contribution in [1.29, 1.82) is 0 Å². The summed E-state index contributed by atoms with van der Waals surface area (Å²) in [5.74, 6) is -1.16. The van der Waals surface area contributed by atoms with Gasteiger partial charge in [-0.05, 0) is 18.6 Å². The zero-order valence-electron chi connectivity index (χ0n) is 11.4. The van der Waals surface area contributed by atoms with Crippen molar-refractivity contribution in [1.82, 2.24) is 4.31 Å². The Kier molecular flexibility index (Phi) is 4.55. The van der Waals surface area contributed by atoms with E-state index in [9.17, 15) is 22.9 Å². The van der Waals surface area contributed by atoms with Crippen LogP contribution in [0.3, 0.4) is 0 Å². The first-order valence-electron chi connectivity index (χ1n) is 6.42. The lowest BCUT2D eigenvalue weighted by molar-refractivity contribution is -0.390. The molecule has 0 N–H and O–H groups in total. The highest BCUT2D eigenvalue weighted by Gasteiger charge is 2.38. The molecule has 1 aromatic carbocycles. The van der Waals surface area contributed by atoms with Crippen LogP contribution in [0.4, 0.5) is 10.1 Å². The predicted molar refractivity (Wildman–Crippen MR) is 71.8 cm³/mol. The first-order valence-corrected chi connectivity index (χ1v) is 7.86. The van der Waals surface area contributed by atoms with Gasteiger partial charge in [0.2, 0.25) is 15.8 Å². The van der Waals surface area contributed by atoms with Gasteiger partial charge in [0, 0.05) is 12.6 Å². The van der Waals surface area contributed by atoms with E-state index in [0.717, 1.165) is 22.5 Å². The molecule has 1 saturated heterocycles. The van der Waals surface area contributed by atoms with Crippen LogP contribution in [0.1, 0.15) is 13.3 Å². The second-order valence-corrected chi connectivity index (χ2v) is 6.46. The summed E-state index contributed by atoms with van der Waals surface area (Å²) in [7, 11) is -4.15. The Hall–Kier alpha value is -1.58. The smallest absolute Gasteiger partial charge is 0.324 e. The molecule has 21 heavy (non-hydrogen) atoms. The number of nitrogens with zero attached hydrogens (tertiary/aromatic N) is 2. The van der Waals surface area contributed by atoms with Crippen LogP contribution in [0.2, 0.25) is 0 Å². The summed E-state index contributed by atoms with van der Waals surface area (Å²) in [6.45, 7) is 2.31. The van der Waals surface area contributed by atoms with E-state index >= 15 is 0 Å². The second kappa shape index (κ2) is 6.04. The third kappa shape index (κ3) is 2.89. The van der Waals surface area contributed by atoms with Crippen LogP contribution in [-0.4, -0.2) is 43.4 Å². The molecule has 1 aliphatic rings. The van der Waals surface area contributed by atoms with Gasteiger partial charge < -0.3 is 4.74 Å². The van der Waals surface area contributed by atoms with Crippen LogP contribution in [0, 0.1) is 15.9 Å². The van der Waals surface area contributed by atoms with Crippen molar-refractivity contribution in [3.8, 4) is 0 Å². The number of sulfonamides is 1. The highest BCUT2D eigenvalue weighted by atomic mass is 32.2. The van der Waals surface area contributed by atoms with E-state index in [-0.39, 0.29) is 19.8 Å². The zero-order chi connectivity index (χ0) is 15.6. The van der Waals surface area contributed by atoms with Crippen molar-refractivity contribution in [2.45, 2.75) is 24.3 Å². The lowest BCUT2D eigenvalue weighted by Gasteiger charge is -2.33. The maximum Gasteiger partial charge on any atom is 0.324 e. The average molecular weight is 318 g/mol. The Labute approximate surface area is 121 Å².